The van der Waals surface area contributed by atoms with E-state index in [9.17, 15) is 8.78 Å². The molecule has 18 heavy (non-hydrogen) atoms. The highest BCUT2D eigenvalue weighted by molar-refractivity contribution is 5.22. The van der Waals surface area contributed by atoms with Gasteiger partial charge in [0.1, 0.15) is 0 Å². The number of halogens is 2. The first-order valence-electron chi connectivity index (χ1n) is 5.99. The Morgan fingerprint density at radius 3 is 2.61 bits per heavy atom. The van der Waals surface area contributed by atoms with Gasteiger partial charge in [0, 0.05) is 32.2 Å². The summed E-state index contributed by atoms with van der Waals surface area (Å²) in [7, 11) is 0. The summed E-state index contributed by atoms with van der Waals surface area (Å²) in [6.07, 6.45) is 0.283. The Morgan fingerprint density at radius 2 is 2.00 bits per heavy atom. The van der Waals surface area contributed by atoms with E-state index in [4.69, 9.17) is 5.26 Å². The highest BCUT2D eigenvalue weighted by Gasteiger charge is 2.22. The maximum atomic E-state index is 13.3. The van der Waals surface area contributed by atoms with Gasteiger partial charge in [0.15, 0.2) is 11.6 Å². The maximum Gasteiger partial charge on any atom is 0.159 e. The van der Waals surface area contributed by atoms with E-state index in [2.05, 4.69) is 16.3 Å². The predicted octanol–water partition coefficient (Wildman–Crippen LogP) is 1.82. The normalized spacial score (nSPS) is 18.3. The zero-order valence-electron chi connectivity index (χ0n) is 10.00. The molecular formula is C13H15F2N3. The molecular weight excluding hydrogens is 236 g/mol. The maximum absolute atomic E-state index is 13.3. The van der Waals surface area contributed by atoms with Crippen LogP contribution in [0.3, 0.4) is 0 Å². The van der Waals surface area contributed by atoms with Gasteiger partial charge >= 0.3 is 0 Å². The standard InChI is InChI=1S/C13H15F2N3/c14-11-2-1-10(9-12(11)15)13(3-4-16)18-7-5-17-6-8-18/h1-2,9,13,17H,3,5-8H2/t13-/m1/s1. The number of rotatable bonds is 3. The number of nitriles is 1. The molecule has 0 aliphatic carbocycles. The Labute approximate surface area is 105 Å². The molecule has 1 N–H and O–H groups in total. The summed E-state index contributed by atoms with van der Waals surface area (Å²) in [6.45, 7) is 3.33. The highest BCUT2D eigenvalue weighted by Crippen LogP contribution is 2.25. The summed E-state index contributed by atoms with van der Waals surface area (Å²) in [5.41, 5.74) is 0.664. The summed E-state index contributed by atoms with van der Waals surface area (Å²) >= 11 is 0. The number of piperazine rings is 1. The van der Waals surface area contributed by atoms with Gasteiger partial charge in [0.05, 0.1) is 12.5 Å². The van der Waals surface area contributed by atoms with Crippen LogP contribution in [0.2, 0.25) is 0 Å². The average molecular weight is 251 g/mol. The first kappa shape index (κ1) is 12.9. The number of benzene rings is 1. The summed E-state index contributed by atoms with van der Waals surface area (Å²) < 4.78 is 26.2. The van der Waals surface area contributed by atoms with Crippen molar-refractivity contribution in [1.82, 2.24) is 10.2 Å². The number of nitrogens with zero attached hydrogens (tertiary/aromatic N) is 2. The second-order valence-corrected chi connectivity index (χ2v) is 4.34. The van der Waals surface area contributed by atoms with Crippen molar-refractivity contribution in [3.8, 4) is 6.07 Å². The van der Waals surface area contributed by atoms with Crippen molar-refractivity contribution in [2.75, 3.05) is 26.2 Å². The van der Waals surface area contributed by atoms with Gasteiger partial charge in [-0.25, -0.2) is 8.78 Å². The van der Waals surface area contributed by atoms with E-state index in [0.717, 1.165) is 32.2 Å². The van der Waals surface area contributed by atoms with Gasteiger partial charge in [0.2, 0.25) is 0 Å². The molecule has 0 unspecified atom stereocenters. The Bertz CT molecular complexity index is 450. The topological polar surface area (TPSA) is 39.1 Å². The van der Waals surface area contributed by atoms with Gasteiger partial charge in [0.25, 0.3) is 0 Å². The first-order chi connectivity index (χ1) is 8.72. The molecule has 0 amide bonds. The zero-order chi connectivity index (χ0) is 13.0. The summed E-state index contributed by atoms with van der Waals surface area (Å²) in [4.78, 5) is 2.13. The van der Waals surface area contributed by atoms with E-state index in [1.54, 1.807) is 6.07 Å². The number of nitrogens with one attached hydrogen (secondary N) is 1. The summed E-state index contributed by atoms with van der Waals surface area (Å²) in [6, 6.07) is 5.83. The van der Waals surface area contributed by atoms with Gasteiger partial charge in [-0.2, -0.15) is 5.26 Å². The van der Waals surface area contributed by atoms with Crippen LogP contribution >= 0.6 is 0 Å². The second kappa shape index (κ2) is 5.89. The van der Waals surface area contributed by atoms with Crippen LogP contribution in [-0.4, -0.2) is 31.1 Å². The van der Waals surface area contributed by atoms with Crippen molar-refractivity contribution in [3.63, 3.8) is 0 Å². The SMILES string of the molecule is N#CC[C@H](c1ccc(F)c(F)c1)N1CCNCC1. The minimum atomic E-state index is -0.856. The Hall–Kier alpha value is -1.51. The molecule has 1 saturated heterocycles. The molecule has 1 atom stereocenters. The Balaban J connectivity index is 2.22. The van der Waals surface area contributed by atoms with Gasteiger partial charge in [-0.1, -0.05) is 6.07 Å². The van der Waals surface area contributed by atoms with E-state index in [0.29, 0.717) is 5.56 Å². The van der Waals surface area contributed by atoms with E-state index in [-0.39, 0.29) is 12.5 Å². The van der Waals surface area contributed by atoms with Crippen LogP contribution in [0.5, 0.6) is 0 Å². The molecule has 1 aliphatic rings. The third kappa shape index (κ3) is 2.84. The van der Waals surface area contributed by atoms with Gasteiger partial charge in [-0.15, -0.1) is 0 Å². The van der Waals surface area contributed by atoms with Crippen LogP contribution in [0.4, 0.5) is 8.78 Å². The van der Waals surface area contributed by atoms with Crippen LogP contribution < -0.4 is 5.32 Å². The van der Waals surface area contributed by atoms with E-state index in [1.165, 1.54) is 6.07 Å². The average Bonchev–Trinajstić information content (AvgIpc) is 2.40. The van der Waals surface area contributed by atoms with Crippen molar-refractivity contribution < 1.29 is 8.78 Å². The Kier molecular flexibility index (Phi) is 4.24. The number of hydrogen-bond donors (Lipinski definition) is 1. The molecule has 0 saturated carbocycles. The van der Waals surface area contributed by atoms with Crippen LogP contribution in [0, 0.1) is 23.0 Å². The molecule has 1 aromatic rings. The largest absolute Gasteiger partial charge is 0.314 e. The first-order valence-corrected chi connectivity index (χ1v) is 5.99. The van der Waals surface area contributed by atoms with Crippen LogP contribution in [0.25, 0.3) is 0 Å². The lowest BCUT2D eigenvalue weighted by atomic mass is 10.0. The predicted molar refractivity (Wildman–Crippen MR) is 63.8 cm³/mol. The fourth-order valence-electron chi connectivity index (χ4n) is 2.26. The zero-order valence-corrected chi connectivity index (χ0v) is 10.00. The van der Waals surface area contributed by atoms with E-state index >= 15 is 0 Å². The van der Waals surface area contributed by atoms with E-state index < -0.39 is 11.6 Å². The van der Waals surface area contributed by atoms with Crippen LogP contribution in [-0.2, 0) is 0 Å². The minimum Gasteiger partial charge on any atom is -0.314 e. The lowest BCUT2D eigenvalue weighted by Gasteiger charge is -2.34. The third-order valence-electron chi connectivity index (χ3n) is 3.21. The van der Waals surface area contributed by atoms with Crippen LogP contribution in [0.1, 0.15) is 18.0 Å². The number of hydrogen-bond acceptors (Lipinski definition) is 3. The molecule has 0 aromatic heterocycles. The lowest BCUT2D eigenvalue weighted by Crippen LogP contribution is -2.45. The molecule has 3 nitrogen and oxygen atoms in total. The van der Waals surface area contributed by atoms with Crippen molar-refractivity contribution >= 4 is 0 Å². The monoisotopic (exact) mass is 251 g/mol. The molecule has 0 radical (unpaired) electrons. The fourth-order valence-corrected chi connectivity index (χ4v) is 2.26. The highest BCUT2D eigenvalue weighted by atomic mass is 19.2. The van der Waals surface area contributed by atoms with Crippen molar-refractivity contribution in [1.29, 1.82) is 5.26 Å². The minimum absolute atomic E-state index is 0.160. The van der Waals surface area contributed by atoms with Crippen LogP contribution in [0.15, 0.2) is 18.2 Å². The molecule has 2 rings (SSSR count). The fraction of sp³-hybridized carbons (Fsp3) is 0.462. The van der Waals surface area contributed by atoms with Gasteiger partial charge < -0.3 is 5.32 Å². The molecule has 1 heterocycles. The molecule has 1 aromatic carbocycles. The molecule has 5 heteroatoms. The smallest absolute Gasteiger partial charge is 0.159 e. The van der Waals surface area contributed by atoms with Crippen molar-refractivity contribution in [2.45, 2.75) is 12.5 Å². The quantitative estimate of drug-likeness (QED) is 0.890. The molecule has 0 spiro atoms. The molecule has 0 bridgehead atoms. The summed E-state index contributed by atoms with van der Waals surface area (Å²) in [5, 5.41) is 12.1. The summed E-state index contributed by atoms with van der Waals surface area (Å²) in [5.74, 6) is -1.71. The molecule has 1 aliphatic heterocycles. The third-order valence-corrected chi connectivity index (χ3v) is 3.21. The van der Waals surface area contributed by atoms with Gasteiger partial charge in [-0.05, 0) is 17.7 Å². The molecule has 96 valence electrons. The molecule has 1 fully saturated rings. The lowest BCUT2D eigenvalue weighted by molar-refractivity contribution is 0.175. The van der Waals surface area contributed by atoms with E-state index in [1.807, 2.05) is 0 Å². The Morgan fingerprint density at radius 1 is 1.28 bits per heavy atom. The second-order valence-electron chi connectivity index (χ2n) is 4.34. The van der Waals surface area contributed by atoms with Crippen molar-refractivity contribution in [2.24, 2.45) is 0 Å². The van der Waals surface area contributed by atoms with Gasteiger partial charge in [-0.3, -0.25) is 4.90 Å². The van der Waals surface area contributed by atoms with Crippen molar-refractivity contribution in [3.05, 3.63) is 35.4 Å².